The smallest absolute Gasteiger partial charge is 0.251 e. The Morgan fingerprint density at radius 2 is 1.80 bits per heavy atom. The van der Waals surface area contributed by atoms with E-state index in [0.29, 0.717) is 18.7 Å². The second kappa shape index (κ2) is 7.19. The molecule has 104 valence electrons. The summed E-state index contributed by atoms with van der Waals surface area (Å²) < 4.78 is 10.6. The number of methoxy groups -OCH3 is 1. The molecule has 0 fully saturated rings. The molecule has 0 saturated heterocycles. The second-order valence-corrected chi connectivity index (χ2v) is 4.15. The standard InChI is InChI=1S/C16H17NO3/c1-19-14-8-5-9-15(12-14)20-11-10-17-16(18)13-6-3-2-4-7-13/h2-9,12H,10-11H2,1H3,(H,17,18). The van der Waals surface area contributed by atoms with Gasteiger partial charge in [0.1, 0.15) is 18.1 Å². The van der Waals surface area contributed by atoms with Crippen LogP contribution in [0, 0.1) is 0 Å². The van der Waals surface area contributed by atoms with Gasteiger partial charge in [-0.05, 0) is 24.3 Å². The number of amides is 1. The topological polar surface area (TPSA) is 47.6 Å². The van der Waals surface area contributed by atoms with Gasteiger partial charge in [0, 0.05) is 11.6 Å². The molecule has 2 aromatic rings. The van der Waals surface area contributed by atoms with Crippen molar-refractivity contribution in [1.29, 1.82) is 0 Å². The maximum atomic E-state index is 11.8. The van der Waals surface area contributed by atoms with Gasteiger partial charge in [0.2, 0.25) is 0 Å². The van der Waals surface area contributed by atoms with Crippen molar-refractivity contribution in [1.82, 2.24) is 5.32 Å². The first-order chi connectivity index (χ1) is 9.79. The Labute approximate surface area is 118 Å². The number of hydrogen-bond donors (Lipinski definition) is 1. The number of nitrogens with one attached hydrogen (secondary N) is 1. The minimum absolute atomic E-state index is 0.0974. The van der Waals surface area contributed by atoms with Gasteiger partial charge in [0.15, 0.2) is 0 Å². The summed E-state index contributed by atoms with van der Waals surface area (Å²) in [6.07, 6.45) is 0. The van der Waals surface area contributed by atoms with Crippen molar-refractivity contribution in [2.45, 2.75) is 0 Å². The number of ether oxygens (including phenoxy) is 2. The van der Waals surface area contributed by atoms with Crippen LogP contribution in [0.25, 0.3) is 0 Å². The van der Waals surface area contributed by atoms with Crippen molar-refractivity contribution < 1.29 is 14.3 Å². The van der Waals surface area contributed by atoms with Crippen LogP contribution in [0.4, 0.5) is 0 Å². The van der Waals surface area contributed by atoms with Crippen molar-refractivity contribution in [3.63, 3.8) is 0 Å². The van der Waals surface area contributed by atoms with Crippen molar-refractivity contribution in [2.75, 3.05) is 20.3 Å². The van der Waals surface area contributed by atoms with Crippen LogP contribution >= 0.6 is 0 Å². The van der Waals surface area contributed by atoms with Gasteiger partial charge in [-0.25, -0.2) is 0 Å². The third kappa shape index (κ3) is 4.02. The third-order valence-corrected chi connectivity index (χ3v) is 2.73. The van der Waals surface area contributed by atoms with E-state index in [1.54, 1.807) is 25.3 Å². The molecule has 0 spiro atoms. The summed E-state index contributed by atoms with van der Waals surface area (Å²) in [4.78, 5) is 11.8. The highest BCUT2D eigenvalue weighted by Gasteiger charge is 2.03. The molecule has 20 heavy (non-hydrogen) atoms. The Bertz CT molecular complexity index is 555. The minimum Gasteiger partial charge on any atom is -0.497 e. The zero-order chi connectivity index (χ0) is 14.2. The van der Waals surface area contributed by atoms with E-state index in [9.17, 15) is 4.79 Å². The summed E-state index contributed by atoms with van der Waals surface area (Å²) in [5, 5.41) is 2.80. The fraction of sp³-hybridized carbons (Fsp3) is 0.188. The number of rotatable bonds is 6. The molecule has 0 aliphatic carbocycles. The van der Waals surface area contributed by atoms with Crippen LogP contribution in [0.2, 0.25) is 0 Å². The van der Waals surface area contributed by atoms with E-state index in [1.807, 2.05) is 36.4 Å². The Kier molecular flexibility index (Phi) is 5.00. The molecule has 0 radical (unpaired) electrons. The summed E-state index contributed by atoms with van der Waals surface area (Å²) in [5.41, 5.74) is 0.647. The van der Waals surface area contributed by atoms with Gasteiger partial charge < -0.3 is 14.8 Å². The van der Waals surface area contributed by atoms with E-state index >= 15 is 0 Å². The van der Waals surface area contributed by atoms with Crippen molar-refractivity contribution >= 4 is 5.91 Å². The molecule has 0 aliphatic rings. The van der Waals surface area contributed by atoms with Crippen LogP contribution in [0.1, 0.15) is 10.4 Å². The van der Waals surface area contributed by atoms with Gasteiger partial charge in [-0.3, -0.25) is 4.79 Å². The normalized spacial score (nSPS) is 9.85. The summed E-state index contributed by atoms with van der Waals surface area (Å²) in [6.45, 7) is 0.858. The molecular formula is C16H17NO3. The molecule has 4 nitrogen and oxygen atoms in total. The zero-order valence-corrected chi connectivity index (χ0v) is 11.3. The van der Waals surface area contributed by atoms with Crippen LogP contribution < -0.4 is 14.8 Å². The SMILES string of the molecule is COc1cccc(OCCNC(=O)c2ccccc2)c1. The first kappa shape index (κ1) is 13.9. The number of benzene rings is 2. The van der Waals surface area contributed by atoms with Gasteiger partial charge in [-0.2, -0.15) is 0 Å². The Balaban J connectivity index is 1.75. The highest BCUT2D eigenvalue weighted by atomic mass is 16.5. The Morgan fingerprint density at radius 1 is 1.05 bits per heavy atom. The molecule has 0 bridgehead atoms. The summed E-state index contributed by atoms with van der Waals surface area (Å²) >= 11 is 0. The van der Waals surface area contributed by atoms with Gasteiger partial charge in [-0.15, -0.1) is 0 Å². The number of hydrogen-bond acceptors (Lipinski definition) is 3. The molecule has 0 aliphatic heterocycles. The van der Waals surface area contributed by atoms with E-state index in [-0.39, 0.29) is 5.91 Å². The van der Waals surface area contributed by atoms with Crippen LogP contribution in [0.3, 0.4) is 0 Å². The predicted molar refractivity (Wildman–Crippen MR) is 77.3 cm³/mol. The molecule has 0 unspecified atom stereocenters. The molecular weight excluding hydrogens is 254 g/mol. The summed E-state index contributed by atoms with van der Waals surface area (Å²) in [5.74, 6) is 1.37. The predicted octanol–water partition coefficient (Wildman–Crippen LogP) is 2.50. The van der Waals surface area contributed by atoms with E-state index < -0.39 is 0 Å². The minimum atomic E-state index is -0.0974. The summed E-state index contributed by atoms with van der Waals surface area (Å²) in [6, 6.07) is 16.5. The van der Waals surface area contributed by atoms with Crippen LogP contribution in [0.15, 0.2) is 54.6 Å². The van der Waals surface area contributed by atoms with Crippen molar-refractivity contribution in [3.05, 3.63) is 60.2 Å². The van der Waals surface area contributed by atoms with Crippen molar-refractivity contribution in [2.24, 2.45) is 0 Å². The van der Waals surface area contributed by atoms with Crippen LogP contribution in [-0.2, 0) is 0 Å². The van der Waals surface area contributed by atoms with Gasteiger partial charge in [0.05, 0.1) is 13.7 Å². The highest BCUT2D eigenvalue weighted by molar-refractivity contribution is 5.94. The highest BCUT2D eigenvalue weighted by Crippen LogP contribution is 2.18. The molecule has 1 N–H and O–H groups in total. The first-order valence-corrected chi connectivity index (χ1v) is 6.39. The molecule has 0 atom stereocenters. The fourth-order valence-electron chi connectivity index (χ4n) is 1.72. The number of carbonyl (C=O) groups is 1. The maximum absolute atomic E-state index is 11.8. The zero-order valence-electron chi connectivity index (χ0n) is 11.3. The molecule has 4 heteroatoms. The van der Waals surface area contributed by atoms with Crippen LogP contribution in [0.5, 0.6) is 11.5 Å². The van der Waals surface area contributed by atoms with Gasteiger partial charge >= 0.3 is 0 Å². The molecule has 0 saturated carbocycles. The molecule has 0 aromatic heterocycles. The van der Waals surface area contributed by atoms with Gasteiger partial charge in [0.25, 0.3) is 5.91 Å². The maximum Gasteiger partial charge on any atom is 0.251 e. The lowest BCUT2D eigenvalue weighted by Gasteiger charge is -2.08. The van der Waals surface area contributed by atoms with E-state index in [1.165, 1.54) is 0 Å². The van der Waals surface area contributed by atoms with E-state index in [4.69, 9.17) is 9.47 Å². The van der Waals surface area contributed by atoms with Crippen molar-refractivity contribution in [3.8, 4) is 11.5 Å². The lowest BCUT2D eigenvalue weighted by molar-refractivity contribution is 0.0947. The molecule has 2 aromatic carbocycles. The summed E-state index contributed by atoms with van der Waals surface area (Å²) in [7, 11) is 1.61. The Morgan fingerprint density at radius 3 is 2.55 bits per heavy atom. The average Bonchev–Trinajstić information content (AvgIpc) is 2.52. The first-order valence-electron chi connectivity index (χ1n) is 6.39. The molecule has 0 heterocycles. The van der Waals surface area contributed by atoms with E-state index in [0.717, 1.165) is 11.5 Å². The van der Waals surface area contributed by atoms with Gasteiger partial charge in [-0.1, -0.05) is 24.3 Å². The monoisotopic (exact) mass is 271 g/mol. The fourth-order valence-corrected chi connectivity index (χ4v) is 1.72. The third-order valence-electron chi connectivity index (χ3n) is 2.73. The second-order valence-electron chi connectivity index (χ2n) is 4.15. The average molecular weight is 271 g/mol. The lowest BCUT2D eigenvalue weighted by atomic mass is 10.2. The quantitative estimate of drug-likeness (QED) is 0.821. The molecule has 2 rings (SSSR count). The molecule has 1 amide bonds. The Hall–Kier alpha value is -2.49. The largest absolute Gasteiger partial charge is 0.497 e. The van der Waals surface area contributed by atoms with Crippen LogP contribution in [-0.4, -0.2) is 26.2 Å². The van der Waals surface area contributed by atoms with E-state index in [2.05, 4.69) is 5.32 Å². The number of carbonyl (C=O) groups excluding carboxylic acids is 1. The lowest BCUT2D eigenvalue weighted by Crippen LogP contribution is -2.27.